The molecule has 2 rings (SSSR count). The molecule has 148 valence electrons. The molecule has 0 aliphatic carbocycles. The third kappa shape index (κ3) is 5.82. The summed E-state index contributed by atoms with van der Waals surface area (Å²) in [5.74, 6) is 2.35. The summed E-state index contributed by atoms with van der Waals surface area (Å²) < 4.78 is 12.7. The fraction of sp³-hybridized carbons (Fsp3) is 0.450. The van der Waals surface area contributed by atoms with E-state index in [1.165, 1.54) is 0 Å². The van der Waals surface area contributed by atoms with E-state index in [-0.39, 0.29) is 0 Å². The van der Waals surface area contributed by atoms with Crippen molar-refractivity contribution in [1.29, 1.82) is 0 Å². The van der Waals surface area contributed by atoms with Gasteiger partial charge in [-0.2, -0.15) is 0 Å². The van der Waals surface area contributed by atoms with E-state index in [1.54, 1.807) is 14.2 Å². The van der Waals surface area contributed by atoms with E-state index in [9.17, 15) is 0 Å². The van der Waals surface area contributed by atoms with Crippen LogP contribution in [0.2, 0.25) is 5.02 Å². The first-order valence-corrected chi connectivity index (χ1v) is 9.37. The Morgan fingerprint density at radius 3 is 2.56 bits per heavy atom. The van der Waals surface area contributed by atoms with Gasteiger partial charge in [0.25, 0.3) is 0 Å². The van der Waals surface area contributed by atoms with Crippen LogP contribution in [0.4, 0.5) is 0 Å². The van der Waals surface area contributed by atoms with Crippen LogP contribution in [0.3, 0.4) is 0 Å². The molecule has 1 heterocycles. The predicted molar refractivity (Wildman–Crippen MR) is 111 cm³/mol. The van der Waals surface area contributed by atoms with Gasteiger partial charge in [0.1, 0.15) is 0 Å². The first-order chi connectivity index (χ1) is 13.0. The number of aliphatic imine (C=N–C) groups is 1. The SMILES string of the molecule is CCNC(=NCCc1ccc(OC)c(OC)c1)N(C)Cc1cc(Cl)cn1C. The zero-order valence-electron chi connectivity index (χ0n) is 16.8. The van der Waals surface area contributed by atoms with Gasteiger partial charge in [-0.05, 0) is 37.1 Å². The van der Waals surface area contributed by atoms with Crippen LogP contribution >= 0.6 is 11.6 Å². The van der Waals surface area contributed by atoms with Crippen molar-refractivity contribution in [3.05, 3.63) is 46.7 Å². The van der Waals surface area contributed by atoms with E-state index in [4.69, 9.17) is 26.1 Å². The highest BCUT2D eigenvalue weighted by atomic mass is 35.5. The summed E-state index contributed by atoms with van der Waals surface area (Å²) in [6.07, 6.45) is 2.73. The number of ether oxygens (including phenoxy) is 2. The van der Waals surface area contributed by atoms with Crippen molar-refractivity contribution in [1.82, 2.24) is 14.8 Å². The minimum Gasteiger partial charge on any atom is -0.493 e. The molecule has 6 nitrogen and oxygen atoms in total. The molecule has 1 aromatic heterocycles. The lowest BCUT2D eigenvalue weighted by Crippen LogP contribution is -2.39. The number of aromatic nitrogens is 1. The second-order valence-electron chi connectivity index (χ2n) is 6.29. The van der Waals surface area contributed by atoms with Crippen LogP contribution < -0.4 is 14.8 Å². The molecular weight excluding hydrogens is 364 g/mol. The molecule has 0 unspecified atom stereocenters. The van der Waals surface area contributed by atoms with Crippen LogP contribution in [0.25, 0.3) is 0 Å². The second-order valence-corrected chi connectivity index (χ2v) is 6.73. The van der Waals surface area contributed by atoms with Gasteiger partial charge in [0.05, 0.1) is 25.8 Å². The lowest BCUT2D eigenvalue weighted by atomic mass is 10.1. The molecule has 0 aliphatic rings. The van der Waals surface area contributed by atoms with Crippen molar-refractivity contribution in [3.63, 3.8) is 0 Å². The van der Waals surface area contributed by atoms with Crippen molar-refractivity contribution < 1.29 is 9.47 Å². The lowest BCUT2D eigenvalue weighted by Gasteiger charge is -2.22. The number of aryl methyl sites for hydroxylation is 1. The van der Waals surface area contributed by atoms with Crippen LogP contribution in [0.5, 0.6) is 11.5 Å². The smallest absolute Gasteiger partial charge is 0.194 e. The standard InChI is InChI=1S/C20H29ClN4O2/c1-6-22-20(25(3)14-17-12-16(21)13-24(17)2)23-10-9-15-7-8-18(26-4)19(11-15)27-5/h7-8,11-13H,6,9-10,14H2,1-5H3,(H,22,23). The molecule has 1 N–H and O–H groups in total. The minimum absolute atomic E-state index is 0.677. The average molecular weight is 393 g/mol. The van der Waals surface area contributed by atoms with Crippen molar-refractivity contribution in [2.24, 2.45) is 12.0 Å². The molecule has 0 saturated carbocycles. The van der Waals surface area contributed by atoms with Gasteiger partial charge in [-0.3, -0.25) is 4.99 Å². The normalized spacial score (nSPS) is 11.4. The number of guanidine groups is 1. The number of rotatable bonds is 8. The maximum atomic E-state index is 6.08. The molecule has 2 aromatic rings. The number of nitrogens with one attached hydrogen (secondary N) is 1. The maximum absolute atomic E-state index is 6.08. The summed E-state index contributed by atoms with van der Waals surface area (Å²) in [5, 5.41) is 4.09. The van der Waals surface area contributed by atoms with Crippen LogP contribution in [0.15, 0.2) is 35.5 Å². The molecule has 0 atom stereocenters. The van der Waals surface area contributed by atoms with Crippen molar-refractivity contribution in [2.45, 2.75) is 19.9 Å². The van der Waals surface area contributed by atoms with E-state index in [1.807, 2.05) is 49.1 Å². The molecule has 1 aromatic carbocycles. The average Bonchev–Trinajstić information content (AvgIpc) is 2.97. The van der Waals surface area contributed by atoms with Crippen molar-refractivity contribution in [3.8, 4) is 11.5 Å². The van der Waals surface area contributed by atoms with Gasteiger partial charge in [0.2, 0.25) is 0 Å². The Bertz CT molecular complexity index is 773. The topological polar surface area (TPSA) is 51.0 Å². The summed E-state index contributed by atoms with van der Waals surface area (Å²) in [5.41, 5.74) is 2.29. The van der Waals surface area contributed by atoms with E-state index in [0.29, 0.717) is 6.54 Å². The summed E-state index contributed by atoms with van der Waals surface area (Å²) in [6.45, 7) is 4.28. The van der Waals surface area contributed by atoms with Gasteiger partial charge < -0.3 is 24.3 Å². The largest absolute Gasteiger partial charge is 0.493 e. The minimum atomic E-state index is 0.677. The Morgan fingerprint density at radius 2 is 1.96 bits per heavy atom. The predicted octanol–water partition coefficient (Wildman–Crippen LogP) is 3.34. The Morgan fingerprint density at radius 1 is 1.22 bits per heavy atom. The highest BCUT2D eigenvalue weighted by Crippen LogP contribution is 2.27. The Labute approximate surface area is 166 Å². The molecule has 0 amide bonds. The van der Waals surface area contributed by atoms with E-state index in [0.717, 1.165) is 53.2 Å². The molecule has 0 aliphatic heterocycles. The van der Waals surface area contributed by atoms with Crippen LogP contribution in [0.1, 0.15) is 18.2 Å². The quantitative estimate of drug-likeness (QED) is 0.553. The highest BCUT2D eigenvalue weighted by Gasteiger charge is 2.10. The third-order valence-corrected chi connectivity index (χ3v) is 4.49. The number of hydrogen-bond donors (Lipinski definition) is 1. The van der Waals surface area contributed by atoms with Crippen LogP contribution in [-0.4, -0.2) is 49.8 Å². The fourth-order valence-corrected chi connectivity index (χ4v) is 3.11. The monoisotopic (exact) mass is 392 g/mol. The van der Waals surface area contributed by atoms with Gasteiger partial charge in [-0.25, -0.2) is 0 Å². The molecule has 0 bridgehead atoms. The maximum Gasteiger partial charge on any atom is 0.194 e. The Balaban J connectivity index is 2.03. The zero-order valence-corrected chi connectivity index (χ0v) is 17.5. The lowest BCUT2D eigenvalue weighted by molar-refractivity contribution is 0.354. The molecule has 0 radical (unpaired) electrons. The van der Waals surface area contributed by atoms with E-state index < -0.39 is 0 Å². The zero-order chi connectivity index (χ0) is 19.8. The van der Waals surface area contributed by atoms with Gasteiger partial charge in [-0.15, -0.1) is 0 Å². The van der Waals surface area contributed by atoms with Gasteiger partial charge in [0, 0.05) is 39.1 Å². The molecule has 0 fully saturated rings. The molecule has 0 saturated heterocycles. The van der Waals surface area contributed by atoms with E-state index >= 15 is 0 Å². The van der Waals surface area contributed by atoms with Gasteiger partial charge in [0.15, 0.2) is 17.5 Å². The number of methoxy groups -OCH3 is 2. The highest BCUT2D eigenvalue weighted by molar-refractivity contribution is 6.30. The Hall–Kier alpha value is -2.34. The van der Waals surface area contributed by atoms with E-state index in [2.05, 4.69) is 17.1 Å². The Kier molecular flexibility index (Phi) is 7.85. The summed E-state index contributed by atoms with van der Waals surface area (Å²) in [4.78, 5) is 6.86. The molecular formula is C20H29ClN4O2. The van der Waals surface area contributed by atoms with Crippen molar-refractivity contribution >= 4 is 17.6 Å². The summed E-state index contributed by atoms with van der Waals surface area (Å²) >= 11 is 6.08. The number of halogens is 1. The summed E-state index contributed by atoms with van der Waals surface area (Å²) in [7, 11) is 7.31. The number of hydrogen-bond acceptors (Lipinski definition) is 3. The third-order valence-electron chi connectivity index (χ3n) is 4.28. The van der Waals surface area contributed by atoms with Gasteiger partial charge >= 0.3 is 0 Å². The first-order valence-electron chi connectivity index (χ1n) is 8.99. The number of nitrogens with zero attached hydrogens (tertiary/aromatic N) is 3. The van der Waals surface area contributed by atoms with Crippen LogP contribution in [-0.2, 0) is 20.0 Å². The fourth-order valence-electron chi connectivity index (χ4n) is 2.84. The summed E-state index contributed by atoms with van der Waals surface area (Å²) in [6, 6.07) is 7.94. The molecule has 27 heavy (non-hydrogen) atoms. The molecule has 7 heteroatoms. The number of benzene rings is 1. The van der Waals surface area contributed by atoms with Crippen molar-refractivity contribution in [2.75, 3.05) is 34.4 Å². The molecule has 0 spiro atoms. The van der Waals surface area contributed by atoms with Crippen LogP contribution in [0, 0.1) is 0 Å². The van der Waals surface area contributed by atoms with Gasteiger partial charge in [-0.1, -0.05) is 17.7 Å². The first kappa shape index (κ1) is 21.0. The second kappa shape index (κ2) is 10.1.